The van der Waals surface area contributed by atoms with Crippen molar-refractivity contribution in [1.82, 2.24) is 9.78 Å². The van der Waals surface area contributed by atoms with Gasteiger partial charge in [0.2, 0.25) is 10.0 Å². The molecule has 8 heteroatoms. The summed E-state index contributed by atoms with van der Waals surface area (Å²) < 4.78 is 31.8. The highest BCUT2D eigenvalue weighted by atomic mass is 32.2. The molecule has 0 spiro atoms. The molecule has 0 unspecified atom stereocenters. The van der Waals surface area contributed by atoms with Gasteiger partial charge in [-0.15, -0.1) is 0 Å². The summed E-state index contributed by atoms with van der Waals surface area (Å²) in [7, 11) is -1.92. The highest BCUT2D eigenvalue weighted by Crippen LogP contribution is 2.12. The maximum Gasteiger partial charge on any atom is 0.236 e. The zero-order valence-electron chi connectivity index (χ0n) is 9.67. The Balaban J connectivity index is 2.73. The summed E-state index contributed by atoms with van der Waals surface area (Å²) in [5.41, 5.74) is 0.187. The minimum absolute atomic E-state index is 0.0477. The first-order valence-corrected chi connectivity index (χ1v) is 6.65. The van der Waals surface area contributed by atoms with Crippen LogP contribution in [-0.2, 0) is 21.8 Å². The monoisotopic (exact) mass is 258 g/mol. The van der Waals surface area contributed by atoms with Crippen LogP contribution in [0.3, 0.4) is 0 Å². The molecule has 94 valence electrons. The first-order valence-electron chi connectivity index (χ1n) is 5.00. The lowest BCUT2D eigenvalue weighted by Gasteiger charge is -2.05. The molecule has 0 aliphatic carbocycles. The molecule has 0 saturated heterocycles. The zero-order chi connectivity index (χ0) is 12.9. The Morgan fingerprint density at radius 1 is 1.65 bits per heavy atom. The van der Waals surface area contributed by atoms with Crippen molar-refractivity contribution in [1.29, 1.82) is 5.26 Å². The lowest BCUT2D eigenvalue weighted by atomic mass is 10.4. The number of nitriles is 1. The summed E-state index contributed by atoms with van der Waals surface area (Å²) >= 11 is 0. The van der Waals surface area contributed by atoms with Crippen LogP contribution in [0, 0.1) is 11.3 Å². The lowest BCUT2D eigenvalue weighted by Crippen LogP contribution is -2.21. The Hall–Kier alpha value is -1.59. The standard InChI is InChI=1S/C9H14N4O3S/c1-3-16-4-5-17(14,15)12-9-8(6-10)7-13(2)11-9/h7H,3-5H2,1-2H3,(H,11,12). The van der Waals surface area contributed by atoms with Gasteiger partial charge in [0.1, 0.15) is 11.6 Å². The maximum absolute atomic E-state index is 11.6. The second kappa shape index (κ2) is 5.65. The Kier molecular flexibility index (Phi) is 4.48. The lowest BCUT2D eigenvalue weighted by molar-refractivity contribution is 0.163. The van der Waals surface area contributed by atoms with Gasteiger partial charge in [0.15, 0.2) is 5.82 Å². The van der Waals surface area contributed by atoms with Gasteiger partial charge in [0, 0.05) is 19.9 Å². The number of aryl methyl sites for hydroxylation is 1. The zero-order valence-corrected chi connectivity index (χ0v) is 10.5. The first kappa shape index (κ1) is 13.5. The molecular weight excluding hydrogens is 244 g/mol. The van der Waals surface area contributed by atoms with E-state index in [0.29, 0.717) is 6.61 Å². The van der Waals surface area contributed by atoms with Crippen LogP contribution in [0.2, 0.25) is 0 Å². The van der Waals surface area contributed by atoms with Gasteiger partial charge in [-0.2, -0.15) is 10.4 Å². The number of nitrogens with zero attached hydrogens (tertiary/aromatic N) is 3. The third-order valence-corrected chi connectivity index (χ3v) is 3.11. The van der Waals surface area contributed by atoms with E-state index < -0.39 is 10.0 Å². The van der Waals surface area contributed by atoms with Crippen molar-refractivity contribution < 1.29 is 13.2 Å². The molecule has 0 saturated carbocycles. The van der Waals surface area contributed by atoms with Gasteiger partial charge in [-0.1, -0.05) is 0 Å². The van der Waals surface area contributed by atoms with Crippen LogP contribution >= 0.6 is 0 Å². The molecule has 0 aliphatic rings. The highest BCUT2D eigenvalue weighted by molar-refractivity contribution is 7.92. The van der Waals surface area contributed by atoms with Gasteiger partial charge < -0.3 is 4.74 Å². The highest BCUT2D eigenvalue weighted by Gasteiger charge is 2.15. The minimum Gasteiger partial charge on any atom is -0.381 e. The van der Waals surface area contributed by atoms with Crippen molar-refractivity contribution >= 4 is 15.8 Å². The molecule has 1 rings (SSSR count). The largest absolute Gasteiger partial charge is 0.381 e. The van der Waals surface area contributed by atoms with Gasteiger partial charge in [0.25, 0.3) is 0 Å². The van der Waals surface area contributed by atoms with Crippen molar-refractivity contribution in [2.45, 2.75) is 6.92 Å². The minimum atomic E-state index is -3.53. The average Bonchev–Trinajstić information content (AvgIpc) is 2.58. The number of nitrogens with one attached hydrogen (secondary N) is 1. The Morgan fingerprint density at radius 2 is 2.35 bits per heavy atom. The number of sulfonamides is 1. The predicted octanol–water partition coefficient (Wildman–Crippen LogP) is 0.0700. The Labute approximate surface area is 100 Å². The van der Waals surface area contributed by atoms with Crippen LogP contribution in [0.4, 0.5) is 5.82 Å². The van der Waals surface area contributed by atoms with Crippen molar-refractivity contribution in [3.8, 4) is 6.07 Å². The Morgan fingerprint density at radius 3 is 2.94 bits per heavy atom. The molecule has 1 aromatic rings. The molecular formula is C9H14N4O3S. The van der Waals surface area contributed by atoms with Gasteiger partial charge in [-0.05, 0) is 6.92 Å². The topological polar surface area (TPSA) is 97.0 Å². The van der Waals surface area contributed by atoms with Crippen LogP contribution < -0.4 is 4.72 Å². The van der Waals surface area contributed by atoms with Crippen molar-refractivity contribution in [3.63, 3.8) is 0 Å². The van der Waals surface area contributed by atoms with Gasteiger partial charge in [-0.3, -0.25) is 9.40 Å². The van der Waals surface area contributed by atoms with Crippen LogP contribution in [0.15, 0.2) is 6.20 Å². The predicted molar refractivity (Wildman–Crippen MR) is 61.8 cm³/mol. The van der Waals surface area contributed by atoms with Crippen LogP contribution in [0.1, 0.15) is 12.5 Å². The van der Waals surface area contributed by atoms with E-state index in [2.05, 4.69) is 9.82 Å². The number of hydrogen-bond donors (Lipinski definition) is 1. The molecule has 0 fully saturated rings. The van der Waals surface area contributed by atoms with Crippen LogP contribution in [0.25, 0.3) is 0 Å². The summed E-state index contributed by atoms with van der Waals surface area (Å²) in [6.45, 7) is 2.36. The quantitative estimate of drug-likeness (QED) is 0.728. The summed E-state index contributed by atoms with van der Waals surface area (Å²) in [5, 5.41) is 12.6. The second-order valence-electron chi connectivity index (χ2n) is 3.29. The number of hydrogen-bond acceptors (Lipinski definition) is 5. The summed E-state index contributed by atoms with van der Waals surface area (Å²) in [6.07, 6.45) is 1.44. The van der Waals surface area contributed by atoms with Crippen LogP contribution in [-0.4, -0.2) is 37.2 Å². The molecule has 7 nitrogen and oxygen atoms in total. The van der Waals surface area contributed by atoms with E-state index in [-0.39, 0.29) is 23.7 Å². The smallest absolute Gasteiger partial charge is 0.236 e. The average molecular weight is 258 g/mol. The molecule has 0 atom stereocenters. The number of aromatic nitrogens is 2. The van der Waals surface area contributed by atoms with Crippen molar-refractivity contribution in [3.05, 3.63) is 11.8 Å². The van der Waals surface area contributed by atoms with Crippen LogP contribution in [0.5, 0.6) is 0 Å². The molecule has 17 heavy (non-hydrogen) atoms. The fourth-order valence-electron chi connectivity index (χ4n) is 1.16. The fourth-order valence-corrected chi connectivity index (χ4v) is 2.04. The molecule has 1 aromatic heterocycles. The fraction of sp³-hybridized carbons (Fsp3) is 0.556. The summed E-state index contributed by atoms with van der Waals surface area (Å²) in [6, 6.07) is 1.86. The van der Waals surface area contributed by atoms with E-state index in [1.165, 1.54) is 10.9 Å². The summed E-state index contributed by atoms with van der Waals surface area (Å²) in [5.74, 6) is -0.117. The van der Waals surface area contributed by atoms with Gasteiger partial charge in [0.05, 0.1) is 12.4 Å². The molecule has 0 amide bonds. The van der Waals surface area contributed by atoms with Gasteiger partial charge in [-0.25, -0.2) is 8.42 Å². The number of rotatable bonds is 6. The van der Waals surface area contributed by atoms with E-state index in [9.17, 15) is 8.42 Å². The molecule has 0 bridgehead atoms. The normalized spacial score (nSPS) is 11.1. The Bertz CT molecular complexity index is 515. The van der Waals surface area contributed by atoms with E-state index in [1.807, 2.05) is 6.07 Å². The van der Waals surface area contributed by atoms with Gasteiger partial charge >= 0.3 is 0 Å². The van der Waals surface area contributed by atoms with Crippen molar-refractivity contribution in [2.24, 2.45) is 7.05 Å². The van der Waals surface area contributed by atoms with E-state index in [0.717, 1.165) is 0 Å². The molecule has 1 heterocycles. The number of ether oxygens (including phenoxy) is 1. The van der Waals surface area contributed by atoms with E-state index in [1.54, 1.807) is 14.0 Å². The third kappa shape index (κ3) is 4.05. The SMILES string of the molecule is CCOCCS(=O)(=O)Nc1nn(C)cc1C#N. The molecule has 0 aliphatic heterocycles. The first-order chi connectivity index (χ1) is 7.98. The van der Waals surface area contributed by atoms with Crippen molar-refractivity contribution in [2.75, 3.05) is 23.7 Å². The molecule has 1 N–H and O–H groups in total. The number of anilines is 1. The van der Waals surface area contributed by atoms with E-state index >= 15 is 0 Å². The molecule has 0 aromatic carbocycles. The maximum atomic E-state index is 11.6. The summed E-state index contributed by atoms with van der Waals surface area (Å²) in [4.78, 5) is 0. The molecule has 0 radical (unpaired) electrons. The third-order valence-electron chi connectivity index (χ3n) is 1.90. The van der Waals surface area contributed by atoms with E-state index in [4.69, 9.17) is 10.00 Å². The second-order valence-corrected chi connectivity index (χ2v) is 5.14.